The van der Waals surface area contributed by atoms with E-state index in [2.05, 4.69) is 10.3 Å². The third kappa shape index (κ3) is 4.75. The van der Waals surface area contributed by atoms with Crippen molar-refractivity contribution in [1.29, 1.82) is 0 Å². The smallest absolute Gasteiger partial charge is 0.392 e. The third-order valence-electron chi connectivity index (χ3n) is 4.14. The van der Waals surface area contributed by atoms with Crippen molar-refractivity contribution in [2.75, 3.05) is 5.32 Å². The Kier molecular flexibility index (Phi) is 5.46. The molecule has 0 spiro atoms. The maximum Gasteiger partial charge on any atom is 0.409 e. The van der Waals surface area contributed by atoms with Crippen LogP contribution in [0.3, 0.4) is 0 Å². The van der Waals surface area contributed by atoms with Gasteiger partial charge in [-0.3, -0.25) is 9.78 Å². The van der Waals surface area contributed by atoms with E-state index in [0.29, 0.717) is 33.5 Å². The molecular formula is C21H17F3N2O2. The van der Waals surface area contributed by atoms with Gasteiger partial charge in [0.25, 0.3) is 5.91 Å². The second-order valence-corrected chi connectivity index (χ2v) is 6.31. The Morgan fingerprint density at radius 1 is 1.18 bits per heavy atom. The summed E-state index contributed by atoms with van der Waals surface area (Å²) in [5.74, 6) is -0.366. The molecule has 28 heavy (non-hydrogen) atoms. The highest BCUT2D eigenvalue weighted by Crippen LogP contribution is 2.22. The lowest BCUT2D eigenvalue weighted by Crippen LogP contribution is -2.13. The van der Waals surface area contributed by atoms with Crippen LogP contribution in [0.1, 0.15) is 27.0 Å². The quantitative estimate of drug-likeness (QED) is 0.673. The van der Waals surface area contributed by atoms with Crippen molar-refractivity contribution < 1.29 is 23.1 Å². The number of alkyl halides is 3. The molecule has 0 atom stereocenters. The van der Waals surface area contributed by atoms with Crippen molar-refractivity contribution >= 4 is 28.6 Å². The van der Waals surface area contributed by atoms with Gasteiger partial charge < -0.3 is 10.4 Å². The first kappa shape index (κ1) is 19.6. The van der Waals surface area contributed by atoms with Crippen molar-refractivity contribution in [1.82, 2.24) is 4.98 Å². The van der Waals surface area contributed by atoms with Crippen LogP contribution in [0.4, 0.5) is 18.9 Å². The van der Waals surface area contributed by atoms with E-state index in [1.165, 1.54) is 18.2 Å². The number of anilines is 1. The number of allylic oxidation sites excluding steroid dienone is 1. The highest BCUT2D eigenvalue weighted by atomic mass is 19.4. The first-order chi connectivity index (χ1) is 13.2. The van der Waals surface area contributed by atoms with E-state index in [1.54, 1.807) is 31.3 Å². The number of rotatable bonds is 4. The fourth-order valence-corrected chi connectivity index (χ4v) is 2.77. The van der Waals surface area contributed by atoms with Crippen LogP contribution in [0.2, 0.25) is 0 Å². The zero-order valence-electron chi connectivity index (χ0n) is 14.9. The Labute approximate surface area is 159 Å². The van der Waals surface area contributed by atoms with Gasteiger partial charge in [0.05, 0.1) is 12.1 Å². The molecule has 0 aliphatic carbocycles. The van der Waals surface area contributed by atoms with E-state index in [0.717, 1.165) is 11.5 Å². The monoisotopic (exact) mass is 386 g/mol. The van der Waals surface area contributed by atoms with Gasteiger partial charge >= 0.3 is 6.18 Å². The van der Waals surface area contributed by atoms with Crippen LogP contribution in [0.15, 0.2) is 54.7 Å². The van der Waals surface area contributed by atoms with Crippen LogP contribution >= 0.6 is 0 Å². The van der Waals surface area contributed by atoms with Crippen molar-refractivity contribution in [3.05, 3.63) is 77.0 Å². The third-order valence-corrected chi connectivity index (χ3v) is 4.14. The molecule has 4 nitrogen and oxygen atoms in total. The summed E-state index contributed by atoms with van der Waals surface area (Å²) in [5, 5.41) is 12.8. The second-order valence-electron chi connectivity index (χ2n) is 6.31. The second kappa shape index (κ2) is 7.82. The Bertz CT molecular complexity index is 1060. The van der Waals surface area contributed by atoms with Gasteiger partial charge in [-0.1, -0.05) is 24.3 Å². The number of nitrogens with one attached hydrogen (secondary N) is 1. The molecule has 0 aliphatic heterocycles. The van der Waals surface area contributed by atoms with Gasteiger partial charge in [-0.15, -0.1) is 0 Å². The number of halogens is 3. The zero-order chi connectivity index (χ0) is 20.3. The summed E-state index contributed by atoms with van der Waals surface area (Å²) < 4.78 is 36.8. The summed E-state index contributed by atoms with van der Waals surface area (Å²) in [5.41, 5.74) is 3.20. The molecule has 144 valence electrons. The van der Waals surface area contributed by atoms with Crippen LogP contribution in [-0.4, -0.2) is 22.2 Å². The molecule has 0 bridgehead atoms. The molecule has 1 heterocycles. The summed E-state index contributed by atoms with van der Waals surface area (Å²) in [6.45, 7) is 1.56. The molecule has 3 rings (SSSR count). The number of aromatic nitrogens is 1. The van der Waals surface area contributed by atoms with Crippen LogP contribution < -0.4 is 5.32 Å². The fraction of sp³-hybridized carbons (Fsp3) is 0.143. The number of carbonyl (C=O) groups excluding carboxylic acids is 1. The number of nitrogens with zero attached hydrogens (tertiary/aromatic N) is 1. The zero-order valence-corrected chi connectivity index (χ0v) is 14.9. The van der Waals surface area contributed by atoms with Gasteiger partial charge in [0.2, 0.25) is 0 Å². The van der Waals surface area contributed by atoms with Crippen molar-refractivity contribution in [2.24, 2.45) is 0 Å². The molecule has 7 heteroatoms. The Balaban J connectivity index is 1.79. The SMILES string of the molecule is Cc1cc(/C=C/C(F)(F)F)ccc1C(=O)Nc1ccc2cc(CO)cnc2c1. The molecule has 0 fully saturated rings. The first-order valence-corrected chi connectivity index (χ1v) is 8.43. The molecule has 2 N–H and O–H groups in total. The number of benzene rings is 2. The maximum atomic E-state index is 12.5. The molecule has 0 radical (unpaired) electrons. The highest BCUT2D eigenvalue weighted by Gasteiger charge is 2.21. The van der Waals surface area contributed by atoms with Crippen molar-refractivity contribution in [2.45, 2.75) is 19.7 Å². The van der Waals surface area contributed by atoms with E-state index >= 15 is 0 Å². The summed E-state index contributed by atoms with van der Waals surface area (Å²) in [4.78, 5) is 16.8. The van der Waals surface area contributed by atoms with Gasteiger partial charge in [-0.05, 0) is 47.9 Å². The number of fused-ring (bicyclic) bond motifs is 1. The van der Waals surface area contributed by atoms with Crippen LogP contribution in [0.5, 0.6) is 0 Å². The molecule has 3 aromatic rings. The van der Waals surface area contributed by atoms with Gasteiger partial charge in [-0.2, -0.15) is 13.2 Å². The normalized spacial score (nSPS) is 11.9. The highest BCUT2D eigenvalue weighted by molar-refractivity contribution is 6.06. The van der Waals surface area contributed by atoms with E-state index in [4.69, 9.17) is 5.11 Å². The number of amides is 1. The van der Waals surface area contributed by atoms with Gasteiger partial charge in [-0.25, -0.2) is 0 Å². The average Bonchev–Trinajstić information content (AvgIpc) is 2.65. The number of hydrogen-bond donors (Lipinski definition) is 2. The summed E-state index contributed by atoms with van der Waals surface area (Å²) in [6.07, 6.45) is -1.70. The van der Waals surface area contributed by atoms with Crippen LogP contribution in [-0.2, 0) is 6.61 Å². The van der Waals surface area contributed by atoms with Gasteiger partial charge in [0.15, 0.2) is 0 Å². The predicted octanol–water partition coefficient (Wildman–Crippen LogP) is 4.86. The molecule has 2 aromatic carbocycles. The summed E-state index contributed by atoms with van der Waals surface area (Å²) >= 11 is 0. The van der Waals surface area contributed by atoms with Gasteiger partial charge in [0.1, 0.15) is 0 Å². The minimum absolute atomic E-state index is 0.102. The minimum Gasteiger partial charge on any atom is -0.392 e. The molecule has 1 aromatic heterocycles. The van der Waals surface area contributed by atoms with E-state index in [9.17, 15) is 18.0 Å². The molecule has 0 saturated heterocycles. The Morgan fingerprint density at radius 2 is 1.96 bits per heavy atom. The van der Waals surface area contributed by atoms with E-state index < -0.39 is 6.18 Å². The Hall–Kier alpha value is -3.19. The number of aliphatic hydroxyl groups excluding tert-OH is 1. The topological polar surface area (TPSA) is 62.2 Å². The lowest BCUT2D eigenvalue weighted by Gasteiger charge is -2.10. The van der Waals surface area contributed by atoms with Crippen LogP contribution in [0.25, 0.3) is 17.0 Å². The molecule has 0 saturated carbocycles. The van der Waals surface area contributed by atoms with Crippen LogP contribution in [0, 0.1) is 6.92 Å². The molecule has 0 aliphatic rings. The standard InChI is InChI=1S/C21H17F3N2O2/c1-13-8-14(6-7-21(22,23)24)2-5-18(13)20(28)26-17-4-3-16-9-15(12-27)11-25-19(16)10-17/h2-11,27H,12H2,1H3,(H,26,28)/b7-6+. The summed E-state index contributed by atoms with van der Waals surface area (Å²) in [6, 6.07) is 11.5. The number of pyridine rings is 1. The fourth-order valence-electron chi connectivity index (χ4n) is 2.77. The van der Waals surface area contributed by atoms with E-state index in [1.807, 2.05) is 6.07 Å². The van der Waals surface area contributed by atoms with Crippen molar-refractivity contribution in [3.8, 4) is 0 Å². The predicted molar refractivity (Wildman–Crippen MR) is 102 cm³/mol. The maximum absolute atomic E-state index is 12.5. The first-order valence-electron chi connectivity index (χ1n) is 8.43. The van der Waals surface area contributed by atoms with Crippen molar-refractivity contribution in [3.63, 3.8) is 0 Å². The number of aliphatic hydroxyl groups is 1. The largest absolute Gasteiger partial charge is 0.409 e. The lowest BCUT2D eigenvalue weighted by atomic mass is 10.0. The van der Waals surface area contributed by atoms with E-state index in [-0.39, 0.29) is 18.6 Å². The number of aryl methyl sites for hydroxylation is 1. The average molecular weight is 386 g/mol. The molecule has 0 unspecified atom stereocenters. The molecule has 1 amide bonds. The number of carbonyl (C=O) groups is 1. The summed E-state index contributed by atoms with van der Waals surface area (Å²) in [7, 11) is 0. The van der Waals surface area contributed by atoms with Gasteiger partial charge in [0, 0.05) is 28.9 Å². The lowest BCUT2D eigenvalue weighted by molar-refractivity contribution is -0.0790. The minimum atomic E-state index is -4.38. The Morgan fingerprint density at radius 3 is 2.64 bits per heavy atom. The molecular weight excluding hydrogens is 369 g/mol. The number of hydrogen-bond acceptors (Lipinski definition) is 3.